The molecule has 3 fully saturated rings. The molecule has 0 amide bonds. The summed E-state index contributed by atoms with van der Waals surface area (Å²) in [5, 5.41) is 10.5. The van der Waals surface area contributed by atoms with Crippen LogP contribution in [0.2, 0.25) is 0 Å². The zero-order chi connectivity index (χ0) is 17.6. The van der Waals surface area contributed by atoms with Gasteiger partial charge in [0, 0.05) is 6.42 Å². The Hall–Kier alpha value is -0.760. The summed E-state index contributed by atoms with van der Waals surface area (Å²) in [6.45, 7) is 7.12. The van der Waals surface area contributed by atoms with E-state index in [1.165, 1.54) is 37.9 Å². The topological polar surface area (TPSA) is 29.5 Å². The highest BCUT2D eigenvalue weighted by atomic mass is 16.5. The first-order valence-corrected chi connectivity index (χ1v) is 10.5. The Morgan fingerprint density at radius 3 is 2.88 bits per heavy atom. The normalized spacial score (nSPS) is 51.7. The van der Waals surface area contributed by atoms with Crippen molar-refractivity contribution < 1.29 is 9.84 Å². The Bertz CT molecular complexity index is 659. The van der Waals surface area contributed by atoms with E-state index in [2.05, 4.69) is 19.9 Å². The maximum atomic E-state index is 10.5. The Kier molecular flexibility index (Phi) is 3.38. The third kappa shape index (κ3) is 1.90. The second-order valence-corrected chi connectivity index (χ2v) is 10.2. The molecular weight excluding hydrogens is 308 g/mol. The molecule has 0 aromatic carbocycles. The molecule has 5 aliphatic carbocycles. The van der Waals surface area contributed by atoms with E-state index < -0.39 is 0 Å². The largest absolute Gasteiger partial charge is 0.501 e. The monoisotopic (exact) mass is 342 g/mol. The van der Waals surface area contributed by atoms with Gasteiger partial charge in [-0.05, 0) is 91.9 Å². The predicted molar refractivity (Wildman–Crippen MR) is 99.8 cm³/mol. The first kappa shape index (κ1) is 16.4. The number of methoxy groups -OCH3 is 1. The highest BCUT2D eigenvalue weighted by Gasteiger charge is 2.77. The van der Waals surface area contributed by atoms with Gasteiger partial charge in [-0.25, -0.2) is 0 Å². The summed E-state index contributed by atoms with van der Waals surface area (Å²) in [5.41, 5.74) is 4.41. The molecule has 5 rings (SSSR count). The number of hydrogen-bond acceptors (Lipinski definition) is 2. The quantitative estimate of drug-likeness (QED) is 0.709. The lowest BCUT2D eigenvalue weighted by atomic mass is 9.48. The summed E-state index contributed by atoms with van der Waals surface area (Å²) in [7, 11) is 1.82. The molecule has 2 nitrogen and oxygen atoms in total. The van der Waals surface area contributed by atoms with Gasteiger partial charge in [0.1, 0.15) is 0 Å². The number of fused-ring (bicyclic) bond motifs is 2. The molecule has 1 N–H and O–H groups in total. The van der Waals surface area contributed by atoms with Crippen LogP contribution in [0.3, 0.4) is 0 Å². The van der Waals surface area contributed by atoms with Crippen LogP contribution in [-0.4, -0.2) is 18.3 Å². The fraction of sp³-hybridized carbons (Fsp3) is 0.826. The van der Waals surface area contributed by atoms with E-state index in [1.807, 2.05) is 14.0 Å². The molecule has 8 atom stereocenters. The maximum Gasteiger partial charge on any atom is 0.0959 e. The highest BCUT2D eigenvalue weighted by Crippen LogP contribution is 2.83. The first-order chi connectivity index (χ1) is 11.9. The van der Waals surface area contributed by atoms with Crippen molar-refractivity contribution in [2.24, 2.45) is 40.4 Å². The molecular formula is C23H34O2. The van der Waals surface area contributed by atoms with Crippen LogP contribution in [0.15, 0.2) is 23.0 Å². The number of allylic oxidation sites excluding steroid dienone is 3. The lowest BCUT2D eigenvalue weighted by molar-refractivity contribution is -0.0729. The van der Waals surface area contributed by atoms with Gasteiger partial charge in [-0.15, -0.1) is 0 Å². The van der Waals surface area contributed by atoms with Crippen molar-refractivity contribution in [1.29, 1.82) is 0 Å². The average molecular weight is 343 g/mol. The van der Waals surface area contributed by atoms with E-state index in [1.54, 1.807) is 11.1 Å². The third-order valence-electron chi connectivity index (χ3n) is 9.44. The SMILES string of the molecule is COC1=CCC2=C(C1)C[C@@H](C)[C@@H]1[C@@H]2CC[C@]2(C)[C@@H]([C@H](C)O)C[C@@H]3C[C@@]312. The smallest absolute Gasteiger partial charge is 0.0959 e. The second-order valence-electron chi connectivity index (χ2n) is 10.2. The van der Waals surface area contributed by atoms with Gasteiger partial charge in [0.2, 0.25) is 0 Å². The Morgan fingerprint density at radius 2 is 2.16 bits per heavy atom. The minimum atomic E-state index is -0.137. The van der Waals surface area contributed by atoms with Crippen LogP contribution in [0.25, 0.3) is 0 Å². The Balaban J connectivity index is 1.52. The lowest BCUT2D eigenvalue weighted by Gasteiger charge is -2.57. The van der Waals surface area contributed by atoms with Crippen LogP contribution in [-0.2, 0) is 4.74 Å². The van der Waals surface area contributed by atoms with Crippen LogP contribution >= 0.6 is 0 Å². The van der Waals surface area contributed by atoms with Gasteiger partial charge in [-0.1, -0.05) is 25.0 Å². The van der Waals surface area contributed by atoms with Gasteiger partial charge in [0.15, 0.2) is 0 Å². The number of rotatable bonds is 2. The fourth-order valence-electron chi connectivity index (χ4n) is 8.53. The molecule has 3 saturated carbocycles. The summed E-state index contributed by atoms with van der Waals surface area (Å²) in [6.07, 6.45) is 11.1. The van der Waals surface area contributed by atoms with Crippen LogP contribution in [0, 0.1) is 40.4 Å². The summed E-state index contributed by atoms with van der Waals surface area (Å²) in [6, 6.07) is 0. The average Bonchev–Trinajstić information content (AvgIpc) is 3.23. The molecule has 0 saturated heterocycles. The van der Waals surface area contributed by atoms with Gasteiger partial charge in [-0.3, -0.25) is 0 Å². The molecule has 0 unspecified atom stereocenters. The number of aliphatic hydroxyl groups is 1. The molecule has 0 aliphatic heterocycles. The highest BCUT2D eigenvalue weighted by molar-refractivity contribution is 5.37. The van der Waals surface area contributed by atoms with Gasteiger partial charge < -0.3 is 9.84 Å². The third-order valence-corrected chi connectivity index (χ3v) is 9.44. The Labute approximate surface area is 152 Å². The van der Waals surface area contributed by atoms with E-state index in [0.29, 0.717) is 16.7 Å². The molecule has 0 heterocycles. The van der Waals surface area contributed by atoms with Gasteiger partial charge in [0.25, 0.3) is 0 Å². The zero-order valence-electron chi connectivity index (χ0n) is 16.3. The minimum Gasteiger partial charge on any atom is -0.501 e. The molecule has 0 radical (unpaired) electrons. The summed E-state index contributed by atoms with van der Waals surface area (Å²) >= 11 is 0. The molecule has 0 aromatic rings. The van der Waals surface area contributed by atoms with E-state index in [9.17, 15) is 5.11 Å². The fourth-order valence-corrected chi connectivity index (χ4v) is 8.53. The molecule has 0 bridgehead atoms. The van der Waals surface area contributed by atoms with Crippen molar-refractivity contribution in [2.75, 3.05) is 7.11 Å². The summed E-state index contributed by atoms with van der Waals surface area (Å²) in [4.78, 5) is 0. The van der Waals surface area contributed by atoms with Crippen molar-refractivity contribution in [3.63, 3.8) is 0 Å². The molecule has 5 aliphatic rings. The van der Waals surface area contributed by atoms with Crippen molar-refractivity contribution in [2.45, 2.75) is 71.8 Å². The van der Waals surface area contributed by atoms with Gasteiger partial charge >= 0.3 is 0 Å². The van der Waals surface area contributed by atoms with E-state index in [4.69, 9.17) is 4.74 Å². The summed E-state index contributed by atoms with van der Waals surface area (Å²) in [5.74, 6) is 5.06. The van der Waals surface area contributed by atoms with Gasteiger partial charge in [-0.2, -0.15) is 0 Å². The number of aliphatic hydroxyl groups excluding tert-OH is 1. The van der Waals surface area contributed by atoms with Crippen molar-refractivity contribution in [1.82, 2.24) is 0 Å². The Morgan fingerprint density at radius 1 is 1.36 bits per heavy atom. The van der Waals surface area contributed by atoms with Crippen molar-refractivity contribution >= 4 is 0 Å². The second kappa shape index (κ2) is 5.15. The molecule has 138 valence electrons. The number of ether oxygens (including phenoxy) is 1. The van der Waals surface area contributed by atoms with Crippen LogP contribution in [0.1, 0.15) is 65.7 Å². The minimum absolute atomic E-state index is 0.137. The summed E-state index contributed by atoms with van der Waals surface area (Å²) < 4.78 is 5.56. The molecule has 1 spiro atoms. The van der Waals surface area contributed by atoms with Crippen molar-refractivity contribution in [3.8, 4) is 0 Å². The lowest BCUT2D eigenvalue weighted by Crippen LogP contribution is -2.51. The first-order valence-electron chi connectivity index (χ1n) is 10.5. The number of hydrogen-bond donors (Lipinski definition) is 1. The van der Waals surface area contributed by atoms with E-state index in [0.717, 1.165) is 36.5 Å². The van der Waals surface area contributed by atoms with E-state index >= 15 is 0 Å². The molecule has 0 aromatic heterocycles. The maximum absolute atomic E-state index is 10.5. The molecule has 25 heavy (non-hydrogen) atoms. The van der Waals surface area contributed by atoms with Crippen LogP contribution in [0.5, 0.6) is 0 Å². The van der Waals surface area contributed by atoms with E-state index in [-0.39, 0.29) is 6.10 Å². The van der Waals surface area contributed by atoms with Crippen LogP contribution < -0.4 is 0 Å². The predicted octanol–water partition coefficient (Wildman–Crippen LogP) is 5.09. The zero-order valence-corrected chi connectivity index (χ0v) is 16.3. The van der Waals surface area contributed by atoms with Crippen LogP contribution in [0.4, 0.5) is 0 Å². The standard InChI is InChI=1S/C23H34O2/c1-13-9-15-10-17(25-4)5-6-18(15)19-7-8-22(3)20(14(2)24)11-16-12-23(16,22)21(13)19/h5,13-14,16,19-21,24H,6-12H2,1-4H3/t13-,14+,16-,19-,20-,21-,22-,23-/m1/s1. The molecule has 2 heteroatoms. The van der Waals surface area contributed by atoms with Crippen molar-refractivity contribution in [3.05, 3.63) is 23.0 Å². The van der Waals surface area contributed by atoms with Gasteiger partial charge in [0.05, 0.1) is 19.0 Å².